The van der Waals surface area contributed by atoms with Gasteiger partial charge in [-0.25, -0.2) is 9.97 Å². The summed E-state index contributed by atoms with van der Waals surface area (Å²) < 4.78 is 17.6. The first kappa shape index (κ1) is 22.2. The van der Waals surface area contributed by atoms with Gasteiger partial charge in [-0.2, -0.15) is 0 Å². The summed E-state index contributed by atoms with van der Waals surface area (Å²) in [6.45, 7) is 0. The molecule has 3 aromatic heterocycles. The normalized spacial score (nSPS) is 12.2. The SMILES string of the molecule is O=P(c1ccccc1)(c1ccccc1)c1cccc2c1nc1c3cc4ccccc4nc3c3ccccc3n21. The Bertz CT molecular complexity index is 2210. The van der Waals surface area contributed by atoms with Gasteiger partial charge in [0, 0.05) is 32.1 Å². The van der Waals surface area contributed by atoms with Crippen LogP contribution in [0, 0.1) is 0 Å². The van der Waals surface area contributed by atoms with E-state index in [4.69, 9.17) is 9.97 Å². The van der Waals surface area contributed by atoms with E-state index in [0.29, 0.717) is 0 Å². The lowest BCUT2D eigenvalue weighted by Gasteiger charge is -2.20. The Hall–Kier alpha value is -4.79. The van der Waals surface area contributed by atoms with Crippen molar-refractivity contribution in [2.24, 2.45) is 0 Å². The van der Waals surface area contributed by atoms with Crippen molar-refractivity contribution >= 4 is 72.4 Å². The van der Waals surface area contributed by atoms with Gasteiger partial charge in [-0.15, -0.1) is 0 Å². The summed E-state index contributed by atoms with van der Waals surface area (Å²) in [6.07, 6.45) is 0. The van der Waals surface area contributed by atoms with Gasteiger partial charge in [-0.3, -0.25) is 4.40 Å². The Balaban J connectivity index is 1.57. The van der Waals surface area contributed by atoms with Gasteiger partial charge in [0.05, 0.1) is 22.1 Å². The van der Waals surface area contributed by atoms with Crippen LogP contribution in [0.25, 0.3) is 49.4 Å². The molecule has 0 N–H and O–H groups in total. The van der Waals surface area contributed by atoms with Gasteiger partial charge < -0.3 is 4.57 Å². The van der Waals surface area contributed by atoms with Crippen molar-refractivity contribution in [3.05, 3.63) is 133 Å². The first-order valence-corrected chi connectivity index (χ1v) is 14.7. The van der Waals surface area contributed by atoms with Crippen LogP contribution in [0.4, 0.5) is 0 Å². The third-order valence-electron chi connectivity index (χ3n) is 7.61. The van der Waals surface area contributed by atoms with E-state index in [1.807, 2.05) is 103 Å². The zero-order chi connectivity index (χ0) is 26.0. The van der Waals surface area contributed by atoms with Crippen LogP contribution in [-0.2, 0) is 4.57 Å². The van der Waals surface area contributed by atoms with Crippen LogP contribution in [-0.4, -0.2) is 14.4 Å². The second kappa shape index (κ2) is 8.36. The van der Waals surface area contributed by atoms with E-state index in [0.717, 1.165) is 65.3 Å². The minimum Gasteiger partial charge on any atom is -0.309 e. The number of nitrogens with zero attached hydrogens (tertiary/aromatic N) is 3. The molecular formula is C34H22N3OP. The molecule has 0 saturated heterocycles. The molecule has 0 atom stereocenters. The standard InChI is InChI=1S/C34H22N3OP/c38-39(24-13-3-1-4-14-24,25-15-5-2-6-16-25)31-21-11-20-30-33(31)36-34-27-22-23-12-7-9-18-28(23)35-32(27)26-17-8-10-19-29(26)37(30)34/h1-22H. The molecule has 0 aliphatic carbocycles. The maximum Gasteiger partial charge on any atom is 0.173 e. The summed E-state index contributed by atoms with van der Waals surface area (Å²) in [6, 6.07) is 44.3. The maximum absolute atomic E-state index is 15.3. The van der Waals surface area contributed by atoms with Gasteiger partial charge >= 0.3 is 0 Å². The number of hydrogen-bond acceptors (Lipinski definition) is 3. The lowest BCUT2D eigenvalue weighted by molar-refractivity contribution is 0.592. The largest absolute Gasteiger partial charge is 0.309 e. The first-order chi connectivity index (χ1) is 19.2. The molecule has 5 heteroatoms. The number of rotatable bonds is 3. The van der Waals surface area contributed by atoms with E-state index < -0.39 is 7.14 Å². The summed E-state index contributed by atoms with van der Waals surface area (Å²) in [4.78, 5) is 10.4. The Morgan fingerprint density at radius 3 is 1.95 bits per heavy atom. The van der Waals surface area contributed by atoms with E-state index in [2.05, 4.69) is 34.7 Å². The molecule has 0 fully saturated rings. The molecule has 39 heavy (non-hydrogen) atoms. The maximum atomic E-state index is 15.3. The van der Waals surface area contributed by atoms with E-state index >= 15 is 4.57 Å². The molecule has 0 amide bonds. The van der Waals surface area contributed by atoms with Gasteiger partial charge in [0.15, 0.2) is 7.14 Å². The molecule has 0 bridgehead atoms. The van der Waals surface area contributed by atoms with E-state index in [1.165, 1.54) is 0 Å². The fraction of sp³-hybridized carbons (Fsp3) is 0. The van der Waals surface area contributed by atoms with Gasteiger partial charge in [-0.1, -0.05) is 103 Å². The van der Waals surface area contributed by atoms with Gasteiger partial charge in [0.2, 0.25) is 0 Å². The quantitative estimate of drug-likeness (QED) is 0.144. The topological polar surface area (TPSA) is 47.3 Å². The summed E-state index contributed by atoms with van der Waals surface area (Å²) in [5.41, 5.74) is 5.39. The summed E-state index contributed by atoms with van der Waals surface area (Å²) in [7, 11) is -3.23. The highest BCUT2D eigenvalue weighted by atomic mass is 31.2. The second-order valence-corrected chi connectivity index (χ2v) is 12.5. The fourth-order valence-electron chi connectivity index (χ4n) is 5.83. The molecule has 3 heterocycles. The Morgan fingerprint density at radius 1 is 0.538 bits per heavy atom. The van der Waals surface area contributed by atoms with Crippen LogP contribution in [0.5, 0.6) is 0 Å². The second-order valence-electron chi connectivity index (χ2n) is 9.79. The van der Waals surface area contributed by atoms with Crippen LogP contribution in [0.1, 0.15) is 0 Å². The molecule has 184 valence electrons. The summed E-state index contributed by atoms with van der Waals surface area (Å²) >= 11 is 0. The van der Waals surface area contributed by atoms with Crippen molar-refractivity contribution in [3.8, 4) is 0 Å². The van der Waals surface area contributed by atoms with Gasteiger partial charge in [-0.05, 0) is 30.3 Å². The van der Waals surface area contributed by atoms with Crippen LogP contribution in [0.2, 0.25) is 0 Å². The van der Waals surface area contributed by atoms with Crippen molar-refractivity contribution in [1.82, 2.24) is 14.4 Å². The molecule has 5 aromatic carbocycles. The Kier molecular flexibility index (Phi) is 4.76. The molecule has 4 nitrogen and oxygen atoms in total. The summed E-state index contributed by atoms with van der Waals surface area (Å²) in [5.74, 6) is 0. The smallest absolute Gasteiger partial charge is 0.173 e. The third-order valence-corrected chi connectivity index (χ3v) is 10.7. The van der Waals surface area contributed by atoms with Crippen LogP contribution >= 0.6 is 7.14 Å². The number of hydrogen-bond donors (Lipinski definition) is 0. The average Bonchev–Trinajstić information content (AvgIpc) is 3.41. The monoisotopic (exact) mass is 519 g/mol. The molecule has 0 saturated carbocycles. The van der Waals surface area contributed by atoms with Crippen molar-refractivity contribution < 1.29 is 4.57 Å². The van der Waals surface area contributed by atoms with E-state index in [-0.39, 0.29) is 0 Å². The minimum atomic E-state index is -3.23. The average molecular weight is 520 g/mol. The molecule has 0 radical (unpaired) electrons. The van der Waals surface area contributed by atoms with Crippen LogP contribution < -0.4 is 15.9 Å². The lowest BCUT2D eigenvalue weighted by atomic mass is 10.1. The van der Waals surface area contributed by atoms with Crippen molar-refractivity contribution in [3.63, 3.8) is 0 Å². The molecule has 8 aromatic rings. The van der Waals surface area contributed by atoms with E-state index in [1.54, 1.807) is 0 Å². The molecule has 0 spiro atoms. The number of imidazole rings is 1. The van der Waals surface area contributed by atoms with Gasteiger partial charge in [0.1, 0.15) is 11.2 Å². The third kappa shape index (κ3) is 3.16. The molecular weight excluding hydrogens is 497 g/mol. The zero-order valence-corrected chi connectivity index (χ0v) is 21.8. The number of aromatic nitrogens is 3. The lowest BCUT2D eigenvalue weighted by Crippen LogP contribution is -2.25. The first-order valence-electron chi connectivity index (χ1n) is 13.0. The van der Waals surface area contributed by atoms with Crippen LogP contribution in [0.3, 0.4) is 0 Å². The fourth-order valence-corrected chi connectivity index (χ4v) is 8.62. The van der Waals surface area contributed by atoms with Gasteiger partial charge in [0.25, 0.3) is 0 Å². The van der Waals surface area contributed by atoms with Crippen molar-refractivity contribution in [1.29, 1.82) is 0 Å². The van der Waals surface area contributed by atoms with Crippen LogP contribution in [0.15, 0.2) is 133 Å². The number of fused-ring (bicyclic) bond motifs is 9. The number of para-hydroxylation sites is 3. The molecule has 0 unspecified atom stereocenters. The molecule has 8 rings (SSSR count). The predicted molar refractivity (Wildman–Crippen MR) is 162 cm³/mol. The highest BCUT2D eigenvalue weighted by Gasteiger charge is 2.32. The minimum absolute atomic E-state index is 0.743. The Morgan fingerprint density at radius 2 is 1.18 bits per heavy atom. The molecule has 0 aliphatic heterocycles. The summed E-state index contributed by atoms with van der Waals surface area (Å²) in [5, 5.41) is 5.43. The van der Waals surface area contributed by atoms with Crippen molar-refractivity contribution in [2.45, 2.75) is 0 Å². The molecule has 0 aliphatic rings. The zero-order valence-electron chi connectivity index (χ0n) is 20.9. The number of benzene rings is 5. The Labute approximate surface area is 224 Å². The highest BCUT2D eigenvalue weighted by molar-refractivity contribution is 7.85. The predicted octanol–water partition coefficient (Wildman–Crippen LogP) is 6.98. The van der Waals surface area contributed by atoms with Crippen molar-refractivity contribution in [2.75, 3.05) is 0 Å². The van der Waals surface area contributed by atoms with E-state index in [9.17, 15) is 0 Å². The number of pyridine rings is 2. The highest BCUT2D eigenvalue weighted by Crippen LogP contribution is 2.45.